The molecule has 3 amide bonds. The van der Waals surface area contributed by atoms with Crippen molar-refractivity contribution in [2.45, 2.75) is 70.3 Å². The van der Waals surface area contributed by atoms with Gasteiger partial charge in [-0.2, -0.15) is 4.31 Å². The molecule has 0 bridgehead atoms. The van der Waals surface area contributed by atoms with Crippen LogP contribution in [0.3, 0.4) is 0 Å². The molecule has 1 saturated heterocycles. The Morgan fingerprint density at radius 3 is 2.32 bits per heavy atom. The number of hydrogen-bond acceptors (Lipinski definition) is 9. The zero-order valence-corrected chi connectivity index (χ0v) is 31.8. The highest BCUT2D eigenvalue weighted by Crippen LogP contribution is 2.24. The summed E-state index contributed by atoms with van der Waals surface area (Å²) in [5.41, 5.74) is 1.68. The van der Waals surface area contributed by atoms with Crippen LogP contribution in [0.15, 0.2) is 64.9 Å². The van der Waals surface area contributed by atoms with Gasteiger partial charge in [0.25, 0.3) is 0 Å². The molecule has 50 heavy (non-hydrogen) atoms. The van der Waals surface area contributed by atoms with Gasteiger partial charge < -0.3 is 29.9 Å². The molecular weight excluding hydrogens is 677 g/mol. The summed E-state index contributed by atoms with van der Waals surface area (Å²) in [5, 5.41) is 17.7. The predicted molar refractivity (Wildman–Crippen MR) is 195 cm³/mol. The molecule has 0 spiro atoms. The van der Waals surface area contributed by atoms with Gasteiger partial charge in [0, 0.05) is 38.1 Å². The van der Waals surface area contributed by atoms with E-state index in [1.54, 1.807) is 33.3 Å². The maximum absolute atomic E-state index is 14.1. The number of urea groups is 1. The van der Waals surface area contributed by atoms with E-state index in [2.05, 4.69) is 10.3 Å². The number of carbonyl (C=O) groups is 2. The second-order valence-corrected chi connectivity index (χ2v) is 16.7. The summed E-state index contributed by atoms with van der Waals surface area (Å²) < 4.78 is 34.2. The number of methoxy groups -OCH3 is 1. The Kier molecular flexibility index (Phi) is 13.8. The van der Waals surface area contributed by atoms with Crippen molar-refractivity contribution in [1.29, 1.82) is 0 Å². The minimum absolute atomic E-state index is 0.0318. The molecule has 274 valence electrons. The minimum atomic E-state index is -4.00. The number of rotatable bonds is 18. The van der Waals surface area contributed by atoms with Crippen LogP contribution in [0, 0.1) is 11.8 Å². The monoisotopic (exact) mass is 728 g/mol. The van der Waals surface area contributed by atoms with Crippen molar-refractivity contribution in [3.63, 3.8) is 0 Å². The van der Waals surface area contributed by atoms with Gasteiger partial charge in [-0.15, -0.1) is 11.3 Å². The maximum Gasteiger partial charge on any atom is 0.321 e. The number of aliphatic hydroxyl groups excluding tert-OH is 1. The third-order valence-electron chi connectivity index (χ3n) is 8.51. The van der Waals surface area contributed by atoms with Crippen LogP contribution in [0.1, 0.15) is 44.0 Å². The molecule has 3 aromatic rings. The van der Waals surface area contributed by atoms with Crippen LogP contribution in [-0.2, 0) is 34.3 Å². The van der Waals surface area contributed by atoms with E-state index in [4.69, 9.17) is 4.74 Å². The fourth-order valence-corrected chi connectivity index (χ4v) is 8.62. The van der Waals surface area contributed by atoms with Crippen LogP contribution in [0.25, 0.3) is 0 Å². The molecule has 2 aromatic carbocycles. The van der Waals surface area contributed by atoms with Crippen molar-refractivity contribution in [2.24, 2.45) is 11.8 Å². The lowest BCUT2D eigenvalue weighted by molar-refractivity contribution is -0.128. The third-order valence-corrected chi connectivity index (χ3v) is 11.2. The fourth-order valence-electron chi connectivity index (χ4n) is 6.10. The van der Waals surface area contributed by atoms with E-state index in [-0.39, 0.29) is 42.3 Å². The molecular formula is C36H52N6O6S2. The summed E-state index contributed by atoms with van der Waals surface area (Å²) in [7, 11) is 1.48. The molecule has 14 heteroatoms. The highest BCUT2D eigenvalue weighted by Gasteiger charge is 2.40. The molecule has 0 saturated carbocycles. The number of nitrogens with zero attached hydrogens (tertiary/aromatic N) is 5. The topological polar surface area (TPSA) is 136 Å². The zero-order chi connectivity index (χ0) is 36.6. The maximum atomic E-state index is 14.1. The van der Waals surface area contributed by atoms with Gasteiger partial charge in [-0.25, -0.2) is 18.2 Å². The lowest BCUT2D eigenvalue weighted by Crippen LogP contribution is -2.57. The summed E-state index contributed by atoms with van der Waals surface area (Å²) in [4.78, 5) is 37.9. The van der Waals surface area contributed by atoms with Crippen molar-refractivity contribution >= 4 is 33.3 Å². The van der Waals surface area contributed by atoms with Crippen LogP contribution >= 0.6 is 11.3 Å². The Balaban J connectivity index is 1.54. The van der Waals surface area contributed by atoms with Crippen LogP contribution in [-0.4, -0.2) is 115 Å². The number of ether oxygens (including phenoxy) is 1. The second kappa shape index (κ2) is 17.6. The van der Waals surface area contributed by atoms with E-state index in [0.717, 1.165) is 22.8 Å². The Morgan fingerprint density at radius 2 is 1.72 bits per heavy atom. The molecule has 3 atom stereocenters. The highest BCUT2D eigenvalue weighted by atomic mass is 32.2. The number of sulfonamides is 1. The molecule has 0 unspecified atom stereocenters. The van der Waals surface area contributed by atoms with Gasteiger partial charge in [-0.05, 0) is 62.2 Å². The van der Waals surface area contributed by atoms with Gasteiger partial charge in [0.15, 0.2) is 0 Å². The Bertz CT molecular complexity index is 1650. The molecule has 1 aromatic heterocycles. The fraction of sp³-hybridized carbons (Fsp3) is 0.528. The molecule has 1 fully saturated rings. The normalized spacial score (nSPS) is 15.7. The molecule has 12 nitrogen and oxygen atoms in total. The third kappa shape index (κ3) is 10.3. The van der Waals surface area contributed by atoms with Crippen molar-refractivity contribution in [2.75, 3.05) is 47.4 Å². The first kappa shape index (κ1) is 39.2. The number of nitrogens with one attached hydrogen (secondary N) is 1. The molecule has 0 radical (unpaired) electrons. The van der Waals surface area contributed by atoms with Crippen LogP contribution in [0.5, 0.6) is 5.75 Å². The molecule has 2 N–H and O–H groups in total. The zero-order valence-electron chi connectivity index (χ0n) is 30.2. The summed E-state index contributed by atoms with van der Waals surface area (Å²) >= 11 is 1.56. The van der Waals surface area contributed by atoms with Gasteiger partial charge in [-0.1, -0.05) is 58.0 Å². The van der Waals surface area contributed by atoms with Crippen molar-refractivity contribution in [3.8, 4) is 5.75 Å². The number of hydrogen-bond donors (Lipinski definition) is 2. The van der Waals surface area contributed by atoms with Crippen molar-refractivity contribution in [3.05, 3.63) is 76.2 Å². The van der Waals surface area contributed by atoms with Gasteiger partial charge in [0.1, 0.15) is 16.8 Å². The summed E-state index contributed by atoms with van der Waals surface area (Å²) in [5.74, 6) is -0.130. The van der Waals surface area contributed by atoms with E-state index in [0.29, 0.717) is 25.4 Å². The van der Waals surface area contributed by atoms with E-state index in [1.165, 1.54) is 23.5 Å². The first-order valence-electron chi connectivity index (χ1n) is 17.0. The van der Waals surface area contributed by atoms with Crippen molar-refractivity contribution < 1.29 is 27.9 Å². The summed E-state index contributed by atoms with van der Waals surface area (Å²) in [6.45, 7) is 9.44. The average molecular weight is 729 g/mol. The lowest BCUT2D eigenvalue weighted by atomic mass is 9.97. The first-order valence-corrected chi connectivity index (χ1v) is 19.3. The van der Waals surface area contributed by atoms with E-state index in [1.807, 2.05) is 82.4 Å². The minimum Gasteiger partial charge on any atom is -0.497 e. The summed E-state index contributed by atoms with van der Waals surface area (Å²) in [6.07, 6.45) is -0.999. The van der Waals surface area contributed by atoms with Crippen molar-refractivity contribution in [1.82, 2.24) is 29.3 Å². The van der Waals surface area contributed by atoms with Crippen LogP contribution in [0.2, 0.25) is 0 Å². The molecule has 1 aliphatic rings. The molecule has 0 aliphatic carbocycles. The van der Waals surface area contributed by atoms with E-state index >= 15 is 0 Å². The smallest absolute Gasteiger partial charge is 0.321 e. The van der Waals surface area contributed by atoms with Crippen LogP contribution in [0.4, 0.5) is 4.79 Å². The number of aromatic nitrogens is 1. The van der Waals surface area contributed by atoms with Gasteiger partial charge in [-0.3, -0.25) is 4.79 Å². The average Bonchev–Trinajstić information content (AvgIpc) is 3.65. The SMILES string of the molecule is COc1ccc(S(=O)(=O)N(CC(C)C)C[C@H](O)[C@H](Cc2ccccc2)NC(=O)[C@H](C(C)C)N2CCN(Cc3csc(CN(C)C)n3)C2=O)cc1. The number of aliphatic hydroxyl groups is 1. The predicted octanol–water partition coefficient (Wildman–Crippen LogP) is 3.91. The van der Waals surface area contributed by atoms with E-state index < -0.39 is 34.1 Å². The molecule has 2 heterocycles. The number of amides is 3. The molecule has 4 rings (SSSR count). The summed E-state index contributed by atoms with van der Waals surface area (Å²) in [6, 6.07) is 13.7. The standard InChI is InChI=1S/C36H52N6O6S2/c1-25(2)20-41(50(46,47)30-15-13-29(48-7)14-16-30)22-32(43)31(19-27-11-9-8-10-12-27)38-35(44)34(26(3)4)42-18-17-40(36(42)45)21-28-24-49-33(37-28)23-39(5)6/h8-16,24-26,31-32,34,43H,17-23H2,1-7H3,(H,38,44)/t31-,32-,34-/m0/s1. The highest BCUT2D eigenvalue weighted by molar-refractivity contribution is 7.89. The first-order chi connectivity index (χ1) is 23.7. The van der Waals surface area contributed by atoms with Gasteiger partial charge in [0.05, 0.1) is 36.4 Å². The second-order valence-electron chi connectivity index (χ2n) is 13.8. The number of carbonyl (C=O) groups excluding carboxylic acids is 2. The Hall–Kier alpha value is -3.56. The van der Waals surface area contributed by atoms with Gasteiger partial charge in [0.2, 0.25) is 15.9 Å². The van der Waals surface area contributed by atoms with Crippen LogP contribution < -0.4 is 10.1 Å². The van der Waals surface area contributed by atoms with E-state index in [9.17, 15) is 23.1 Å². The quantitative estimate of drug-likeness (QED) is 0.202. The molecule has 1 aliphatic heterocycles. The number of benzene rings is 2. The number of thiazole rings is 1. The Morgan fingerprint density at radius 1 is 1.04 bits per heavy atom. The lowest BCUT2D eigenvalue weighted by Gasteiger charge is -2.34. The van der Waals surface area contributed by atoms with Gasteiger partial charge >= 0.3 is 6.03 Å². The Labute approximate surface area is 301 Å². The largest absolute Gasteiger partial charge is 0.497 e.